The lowest BCUT2D eigenvalue weighted by atomic mass is 10.2. The van der Waals surface area contributed by atoms with Gasteiger partial charge in [0.05, 0.1) is 18.6 Å². The minimum absolute atomic E-state index is 0.0662. The highest BCUT2D eigenvalue weighted by Gasteiger charge is 2.12. The van der Waals surface area contributed by atoms with E-state index in [-0.39, 0.29) is 23.1 Å². The first-order chi connectivity index (χ1) is 12.2. The molecule has 1 N–H and O–H groups in total. The van der Waals surface area contributed by atoms with E-state index in [4.69, 9.17) is 4.74 Å². The summed E-state index contributed by atoms with van der Waals surface area (Å²) in [6.45, 7) is 0.439. The van der Waals surface area contributed by atoms with Gasteiger partial charge in [0.1, 0.15) is 0 Å². The summed E-state index contributed by atoms with van der Waals surface area (Å²) in [7, 11) is -0.215. The second-order valence-electron chi connectivity index (χ2n) is 5.99. The Labute approximate surface area is 152 Å². The van der Waals surface area contributed by atoms with Crippen LogP contribution >= 0.6 is 0 Å². The van der Waals surface area contributed by atoms with Gasteiger partial charge >= 0.3 is 0 Å². The van der Waals surface area contributed by atoms with Crippen LogP contribution in [-0.2, 0) is 21.2 Å². The Morgan fingerprint density at radius 1 is 1.23 bits per heavy atom. The number of hydrogen-bond donors (Lipinski definition) is 1. The number of nitrogens with zero attached hydrogens (tertiary/aromatic N) is 1. The molecular weight excluding hydrogens is 359 g/mol. The number of methoxy groups -OCH3 is 1. The largest absolute Gasteiger partial charge is 0.494 e. The lowest BCUT2D eigenvalue weighted by molar-refractivity contribution is -0.117. The van der Waals surface area contributed by atoms with Crippen molar-refractivity contribution < 1.29 is 22.3 Å². The maximum atomic E-state index is 13.7. The summed E-state index contributed by atoms with van der Waals surface area (Å²) in [5, 5.41) is 2.66. The maximum Gasteiger partial charge on any atom is 0.238 e. The number of carbonyl (C=O) groups is 1. The number of anilines is 1. The summed E-state index contributed by atoms with van der Waals surface area (Å²) in [6.07, 6.45) is 1.11. The highest BCUT2D eigenvalue weighted by atomic mass is 32.2. The number of likely N-dealkylation sites (N-methyl/N-ethyl adjacent to an activating group) is 1. The molecule has 8 heteroatoms. The van der Waals surface area contributed by atoms with Crippen molar-refractivity contribution in [2.24, 2.45) is 0 Å². The molecule has 0 unspecified atom stereocenters. The first kappa shape index (κ1) is 19.9. The summed E-state index contributed by atoms with van der Waals surface area (Å²) in [5.74, 6) is -0.590. The van der Waals surface area contributed by atoms with E-state index < -0.39 is 15.7 Å². The average molecular weight is 380 g/mol. The normalized spacial score (nSPS) is 11.4. The Kier molecular flexibility index (Phi) is 6.33. The molecule has 0 spiro atoms. The molecule has 0 saturated heterocycles. The first-order valence-electron chi connectivity index (χ1n) is 7.80. The van der Waals surface area contributed by atoms with Crippen LogP contribution in [0, 0.1) is 5.82 Å². The zero-order chi connectivity index (χ0) is 19.3. The second kappa shape index (κ2) is 8.29. The van der Waals surface area contributed by atoms with Crippen LogP contribution in [0.15, 0.2) is 47.4 Å². The van der Waals surface area contributed by atoms with Crippen molar-refractivity contribution >= 4 is 21.4 Å². The highest BCUT2D eigenvalue weighted by Crippen LogP contribution is 2.19. The van der Waals surface area contributed by atoms with Crippen LogP contribution in [0.1, 0.15) is 5.56 Å². The molecule has 0 aliphatic carbocycles. The quantitative estimate of drug-likeness (QED) is 0.798. The Balaban J connectivity index is 1.96. The molecule has 0 radical (unpaired) electrons. The van der Waals surface area contributed by atoms with Crippen molar-refractivity contribution in [1.82, 2.24) is 4.90 Å². The molecule has 6 nitrogen and oxygen atoms in total. The highest BCUT2D eigenvalue weighted by molar-refractivity contribution is 7.90. The fourth-order valence-electron chi connectivity index (χ4n) is 2.43. The molecule has 0 saturated carbocycles. The molecule has 1 amide bonds. The molecule has 0 heterocycles. The number of nitrogens with one attached hydrogen (secondary N) is 1. The van der Waals surface area contributed by atoms with Crippen molar-refractivity contribution in [1.29, 1.82) is 0 Å². The molecule has 2 aromatic carbocycles. The molecule has 0 aromatic heterocycles. The number of ether oxygens (including phenoxy) is 1. The van der Waals surface area contributed by atoms with Crippen molar-refractivity contribution in [2.45, 2.75) is 11.4 Å². The van der Waals surface area contributed by atoms with Crippen molar-refractivity contribution in [3.63, 3.8) is 0 Å². The minimum Gasteiger partial charge on any atom is -0.494 e. The molecule has 26 heavy (non-hydrogen) atoms. The van der Waals surface area contributed by atoms with Crippen LogP contribution < -0.4 is 10.1 Å². The number of carbonyl (C=O) groups excluding carboxylic acids is 1. The lowest BCUT2D eigenvalue weighted by Crippen LogP contribution is -2.29. The molecule has 140 valence electrons. The number of sulfone groups is 1. The van der Waals surface area contributed by atoms with Gasteiger partial charge in [-0.1, -0.05) is 12.1 Å². The summed E-state index contributed by atoms with van der Waals surface area (Å²) >= 11 is 0. The number of halogens is 1. The predicted molar refractivity (Wildman–Crippen MR) is 97.5 cm³/mol. The molecule has 0 aliphatic rings. The monoisotopic (exact) mass is 380 g/mol. The van der Waals surface area contributed by atoms with E-state index >= 15 is 0 Å². The topological polar surface area (TPSA) is 75.7 Å². The third kappa shape index (κ3) is 5.53. The fraction of sp³-hybridized carbons (Fsp3) is 0.278. The zero-order valence-electron chi connectivity index (χ0n) is 14.8. The van der Waals surface area contributed by atoms with Gasteiger partial charge in [0.25, 0.3) is 0 Å². The smallest absolute Gasteiger partial charge is 0.238 e. The lowest BCUT2D eigenvalue weighted by Gasteiger charge is -2.17. The summed E-state index contributed by atoms with van der Waals surface area (Å²) < 4.78 is 41.7. The van der Waals surface area contributed by atoms with Crippen molar-refractivity contribution in [3.8, 4) is 5.75 Å². The predicted octanol–water partition coefficient (Wildman–Crippen LogP) is 2.31. The van der Waals surface area contributed by atoms with Crippen LogP contribution in [0.25, 0.3) is 0 Å². The SMILES string of the molecule is COc1ccc(CN(C)CC(=O)Nc2cccc(S(C)(=O)=O)c2)cc1F. The van der Waals surface area contributed by atoms with Crippen molar-refractivity contribution in [2.75, 3.05) is 32.3 Å². The van der Waals surface area contributed by atoms with Gasteiger partial charge in [-0.3, -0.25) is 9.69 Å². The van der Waals surface area contributed by atoms with Gasteiger partial charge in [-0.05, 0) is 42.9 Å². The molecule has 2 rings (SSSR count). The van der Waals surface area contributed by atoms with Gasteiger partial charge in [-0.15, -0.1) is 0 Å². The summed E-state index contributed by atoms with van der Waals surface area (Å²) in [6, 6.07) is 10.7. The van der Waals surface area contributed by atoms with E-state index in [1.54, 1.807) is 30.1 Å². The summed E-state index contributed by atoms with van der Waals surface area (Å²) in [4.78, 5) is 14.0. The molecule has 0 atom stereocenters. The van der Waals surface area contributed by atoms with E-state index in [1.807, 2.05) is 0 Å². The third-order valence-electron chi connectivity index (χ3n) is 3.63. The van der Waals surface area contributed by atoms with E-state index in [1.165, 1.54) is 31.4 Å². The van der Waals surface area contributed by atoms with E-state index in [0.717, 1.165) is 6.26 Å². The number of rotatable bonds is 7. The molecule has 0 bridgehead atoms. The van der Waals surface area contributed by atoms with Crippen LogP contribution in [0.4, 0.5) is 10.1 Å². The second-order valence-corrected chi connectivity index (χ2v) is 8.01. The van der Waals surface area contributed by atoms with E-state index in [0.29, 0.717) is 17.8 Å². The van der Waals surface area contributed by atoms with Gasteiger partial charge in [-0.2, -0.15) is 0 Å². The van der Waals surface area contributed by atoms with Gasteiger partial charge in [0.2, 0.25) is 5.91 Å². The maximum absolute atomic E-state index is 13.7. The molecule has 0 aliphatic heterocycles. The first-order valence-corrected chi connectivity index (χ1v) is 9.69. The average Bonchev–Trinajstić information content (AvgIpc) is 2.54. The van der Waals surface area contributed by atoms with E-state index in [2.05, 4.69) is 5.32 Å². The van der Waals surface area contributed by atoms with Gasteiger partial charge < -0.3 is 10.1 Å². The standard InChI is InChI=1S/C18H21FN2O4S/c1-21(11-13-7-8-17(25-2)16(19)9-13)12-18(22)20-14-5-4-6-15(10-14)26(3,23)24/h4-10H,11-12H2,1-3H3,(H,20,22). The number of amides is 1. The fourth-order valence-corrected chi connectivity index (χ4v) is 3.09. The zero-order valence-corrected chi connectivity index (χ0v) is 15.6. The molecule has 0 fully saturated rings. The molecular formula is C18H21FN2O4S. The summed E-state index contributed by atoms with van der Waals surface area (Å²) in [5.41, 5.74) is 1.11. The van der Waals surface area contributed by atoms with Crippen molar-refractivity contribution in [3.05, 3.63) is 53.8 Å². The Morgan fingerprint density at radius 3 is 2.58 bits per heavy atom. The van der Waals surface area contributed by atoms with Crippen LogP contribution in [0.2, 0.25) is 0 Å². The molecule has 2 aromatic rings. The minimum atomic E-state index is -3.34. The number of hydrogen-bond acceptors (Lipinski definition) is 5. The third-order valence-corrected chi connectivity index (χ3v) is 4.74. The van der Waals surface area contributed by atoms with Gasteiger partial charge in [0, 0.05) is 18.5 Å². The Hall–Kier alpha value is -2.45. The van der Waals surface area contributed by atoms with Crippen LogP contribution in [0.5, 0.6) is 5.75 Å². The van der Waals surface area contributed by atoms with Crippen LogP contribution in [-0.4, -0.2) is 46.2 Å². The van der Waals surface area contributed by atoms with Crippen LogP contribution in [0.3, 0.4) is 0 Å². The Morgan fingerprint density at radius 2 is 1.96 bits per heavy atom. The van der Waals surface area contributed by atoms with Gasteiger partial charge in [-0.25, -0.2) is 12.8 Å². The number of benzene rings is 2. The van der Waals surface area contributed by atoms with Gasteiger partial charge in [0.15, 0.2) is 21.4 Å². The Bertz CT molecular complexity index is 900. The van der Waals surface area contributed by atoms with E-state index in [9.17, 15) is 17.6 Å².